The van der Waals surface area contributed by atoms with E-state index in [1.807, 2.05) is 0 Å². The molecule has 4 nitrogen and oxygen atoms in total. The smallest absolute Gasteiger partial charge is 0.257 e. The quantitative estimate of drug-likeness (QED) is 0.171. The maximum atomic E-state index is 7.22. The van der Waals surface area contributed by atoms with Gasteiger partial charge in [-0.25, -0.2) is 0 Å². The second kappa shape index (κ2) is 11.2. The summed E-state index contributed by atoms with van der Waals surface area (Å²) in [6.45, 7) is -0.0792. The number of para-hydroxylation sites is 4. The Morgan fingerprint density at radius 3 is 1.55 bits per heavy atom. The molecular formula is C51H31BN2O2. The van der Waals surface area contributed by atoms with Crippen molar-refractivity contribution in [2.75, 3.05) is 0 Å². The van der Waals surface area contributed by atoms with Gasteiger partial charge in [0.1, 0.15) is 23.0 Å². The van der Waals surface area contributed by atoms with Crippen molar-refractivity contribution in [2.24, 2.45) is 0 Å². The lowest BCUT2D eigenvalue weighted by Gasteiger charge is -2.35. The van der Waals surface area contributed by atoms with Crippen LogP contribution in [0.3, 0.4) is 0 Å². The zero-order valence-electron chi connectivity index (χ0n) is 30.2. The molecule has 4 heterocycles. The van der Waals surface area contributed by atoms with E-state index in [0.29, 0.717) is 0 Å². The SMILES string of the molecule is c1ccc(C2C3=C(Oc4cc(-n5c6ccccc6c6ccccc65)cc5c4B3c3ccc(-n4c6ccccc6c6ccccc64)cc3O5)c3ccccc32)cc1. The van der Waals surface area contributed by atoms with Crippen LogP contribution in [0.1, 0.15) is 22.6 Å². The van der Waals surface area contributed by atoms with Crippen LogP contribution in [0, 0.1) is 0 Å². The highest BCUT2D eigenvalue weighted by molar-refractivity contribution is 6.94. The van der Waals surface area contributed by atoms with E-state index in [-0.39, 0.29) is 12.6 Å². The Morgan fingerprint density at radius 1 is 0.429 bits per heavy atom. The molecule has 1 aliphatic carbocycles. The zero-order valence-corrected chi connectivity index (χ0v) is 30.2. The molecule has 56 heavy (non-hydrogen) atoms. The minimum atomic E-state index is -0.0792. The van der Waals surface area contributed by atoms with Crippen molar-refractivity contribution in [2.45, 2.75) is 5.92 Å². The summed E-state index contributed by atoms with van der Waals surface area (Å²) < 4.78 is 19.1. The van der Waals surface area contributed by atoms with Crippen molar-refractivity contribution in [3.63, 3.8) is 0 Å². The average Bonchev–Trinajstić information content (AvgIpc) is 3.89. The first-order valence-corrected chi connectivity index (χ1v) is 19.3. The molecule has 10 aromatic rings. The molecule has 1 atom stereocenters. The molecule has 0 radical (unpaired) electrons. The average molecular weight is 715 g/mol. The molecule has 0 spiro atoms. The maximum absolute atomic E-state index is 7.22. The Bertz CT molecular complexity index is 3230. The third-order valence-electron chi connectivity index (χ3n) is 12.3. The topological polar surface area (TPSA) is 28.3 Å². The molecule has 3 aliphatic rings. The normalized spacial score (nSPS) is 15.1. The molecule has 260 valence electrons. The van der Waals surface area contributed by atoms with Gasteiger partial charge in [-0.05, 0) is 52.4 Å². The summed E-state index contributed by atoms with van der Waals surface area (Å²) in [5.74, 6) is 3.52. The fourth-order valence-electron chi connectivity index (χ4n) is 10.1. The molecule has 0 N–H and O–H groups in total. The number of hydrogen-bond acceptors (Lipinski definition) is 2. The van der Waals surface area contributed by atoms with Crippen LogP contribution in [0.15, 0.2) is 187 Å². The van der Waals surface area contributed by atoms with Gasteiger partial charge >= 0.3 is 0 Å². The molecule has 5 heteroatoms. The van der Waals surface area contributed by atoms with Crippen LogP contribution < -0.4 is 20.4 Å². The number of nitrogens with zero attached hydrogens (tertiary/aromatic N) is 2. The summed E-state index contributed by atoms with van der Waals surface area (Å²) in [5.41, 5.74) is 13.9. The predicted molar refractivity (Wildman–Crippen MR) is 229 cm³/mol. The number of rotatable bonds is 3. The molecule has 1 unspecified atom stereocenters. The molecular weight excluding hydrogens is 683 g/mol. The highest BCUT2D eigenvalue weighted by Crippen LogP contribution is 2.52. The van der Waals surface area contributed by atoms with E-state index in [1.54, 1.807) is 0 Å². The van der Waals surface area contributed by atoms with Crippen molar-refractivity contribution in [1.82, 2.24) is 9.13 Å². The van der Waals surface area contributed by atoms with E-state index in [1.165, 1.54) is 49.2 Å². The standard InChI is InChI=1S/C51H31BN2O2/c1-2-14-31(15-3-1)48-38-20-4-5-21-39(38)51-50(48)52-40-27-26-32(53-41-22-10-6-16-34(41)35-17-7-11-23-42(35)53)28-45(40)55-46-29-33(30-47(56-51)49(46)52)54-43-24-12-8-18-36(43)37-19-9-13-25-44(37)54/h1-30,48H. The lowest BCUT2D eigenvalue weighted by Crippen LogP contribution is -2.51. The van der Waals surface area contributed by atoms with Crippen molar-refractivity contribution < 1.29 is 9.47 Å². The van der Waals surface area contributed by atoms with Crippen LogP contribution in [0.4, 0.5) is 0 Å². The minimum absolute atomic E-state index is 0.0355. The molecule has 0 fully saturated rings. The van der Waals surface area contributed by atoms with Crippen LogP contribution in [-0.4, -0.2) is 15.8 Å². The molecule has 0 saturated carbocycles. The van der Waals surface area contributed by atoms with E-state index in [0.717, 1.165) is 61.9 Å². The molecule has 2 aliphatic heterocycles. The number of aromatic nitrogens is 2. The Balaban J connectivity index is 1.09. The Kier molecular flexibility index (Phi) is 6.00. The Hall–Kier alpha value is -7.24. The van der Waals surface area contributed by atoms with Crippen molar-refractivity contribution in [3.8, 4) is 28.6 Å². The highest BCUT2D eigenvalue weighted by atomic mass is 16.5. The van der Waals surface area contributed by atoms with Crippen LogP contribution in [0.25, 0.3) is 60.7 Å². The molecule has 2 aromatic heterocycles. The summed E-state index contributed by atoms with van der Waals surface area (Å²) in [5, 5.41) is 4.91. The third kappa shape index (κ3) is 3.99. The van der Waals surface area contributed by atoms with Gasteiger partial charge in [0.25, 0.3) is 6.71 Å². The lowest BCUT2D eigenvalue weighted by atomic mass is 9.32. The largest absolute Gasteiger partial charge is 0.458 e. The molecule has 0 amide bonds. The van der Waals surface area contributed by atoms with E-state index in [2.05, 4.69) is 191 Å². The summed E-state index contributed by atoms with van der Waals surface area (Å²) >= 11 is 0. The lowest BCUT2D eigenvalue weighted by molar-refractivity contribution is 0.473. The summed E-state index contributed by atoms with van der Waals surface area (Å²) in [4.78, 5) is 0. The maximum Gasteiger partial charge on any atom is 0.257 e. The first-order valence-electron chi connectivity index (χ1n) is 19.3. The molecule has 13 rings (SSSR count). The van der Waals surface area contributed by atoms with E-state index in [4.69, 9.17) is 9.47 Å². The number of fused-ring (bicyclic) bond motifs is 11. The molecule has 0 bridgehead atoms. The number of benzene rings is 8. The summed E-state index contributed by atoms with van der Waals surface area (Å²) in [6.07, 6.45) is 0. The second-order valence-corrected chi connectivity index (χ2v) is 15.2. The van der Waals surface area contributed by atoms with Gasteiger partial charge in [0.05, 0.1) is 27.8 Å². The van der Waals surface area contributed by atoms with Gasteiger partial charge in [-0.2, -0.15) is 0 Å². The number of hydrogen-bond donors (Lipinski definition) is 0. The summed E-state index contributed by atoms with van der Waals surface area (Å²) in [7, 11) is 0. The van der Waals surface area contributed by atoms with Gasteiger partial charge in [0.2, 0.25) is 0 Å². The van der Waals surface area contributed by atoms with Gasteiger partial charge in [-0.3, -0.25) is 0 Å². The monoisotopic (exact) mass is 714 g/mol. The minimum Gasteiger partial charge on any atom is -0.458 e. The van der Waals surface area contributed by atoms with Gasteiger partial charge in [0.15, 0.2) is 0 Å². The Morgan fingerprint density at radius 2 is 0.929 bits per heavy atom. The predicted octanol–water partition coefficient (Wildman–Crippen LogP) is 11.1. The van der Waals surface area contributed by atoms with E-state index >= 15 is 0 Å². The highest BCUT2D eigenvalue weighted by Gasteiger charge is 2.49. The fourth-order valence-corrected chi connectivity index (χ4v) is 10.1. The zero-order chi connectivity index (χ0) is 36.5. The van der Waals surface area contributed by atoms with E-state index < -0.39 is 0 Å². The summed E-state index contributed by atoms with van der Waals surface area (Å²) in [6, 6.07) is 65.6. The number of ether oxygens (including phenoxy) is 2. The van der Waals surface area contributed by atoms with Crippen molar-refractivity contribution in [3.05, 3.63) is 204 Å². The van der Waals surface area contributed by atoms with Crippen LogP contribution >= 0.6 is 0 Å². The number of allylic oxidation sites excluding steroid dienone is 1. The van der Waals surface area contributed by atoms with Gasteiger partial charge in [-0.15, -0.1) is 0 Å². The first-order chi connectivity index (χ1) is 27.8. The van der Waals surface area contributed by atoms with Crippen LogP contribution in [0.2, 0.25) is 0 Å². The van der Waals surface area contributed by atoms with Gasteiger partial charge < -0.3 is 18.6 Å². The van der Waals surface area contributed by atoms with Crippen molar-refractivity contribution >= 4 is 67.0 Å². The molecule has 0 saturated heterocycles. The van der Waals surface area contributed by atoms with Gasteiger partial charge in [-0.1, -0.05) is 133 Å². The van der Waals surface area contributed by atoms with E-state index in [9.17, 15) is 0 Å². The van der Waals surface area contributed by atoms with Gasteiger partial charge in [0, 0.05) is 62.4 Å². The van der Waals surface area contributed by atoms with Crippen molar-refractivity contribution in [1.29, 1.82) is 0 Å². The third-order valence-corrected chi connectivity index (χ3v) is 12.3. The molecule has 8 aromatic carbocycles. The second-order valence-electron chi connectivity index (χ2n) is 15.2. The van der Waals surface area contributed by atoms with Crippen LogP contribution in [-0.2, 0) is 0 Å². The Labute approximate surface area is 323 Å². The fraction of sp³-hybridized carbons (Fsp3) is 0.0196. The van der Waals surface area contributed by atoms with Crippen LogP contribution in [0.5, 0.6) is 17.2 Å². The first kappa shape index (κ1) is 30.1.